The van der Waals surface area contributed by atoms with Crippen LogP contribution in [0.15, 0.2) is 28.8 Å². The molecule has 0 aliphatic rings. The Kier molecular flexibility index (Phi) is 4.09. The van der Waals surface area contributed by atoms with Crippen molar-refractivity contribution < 1.29 is 4.52 Å². The van der Waals surface area contributed by atoms with E-state index in [1.165, 1.54) is 0 Å². The fourth-order valence-electron chi connectivity index (χ4n) is 2.03. The zero-order chi connectivity index (χ0) is 14.9. The summed E-state index contributed by atoms with van der Waals surface area (Å²) in [5.74, 6) is 0.780. The first-order valence-corrected chi connectivity index (χ1v) is 7.17. The molecule has 2 rings (SSSR count). The highest BCUT2D eigenvalue weighted by molar-refractivity contribution is 6.33. The van der Waals surface area contributed by atoms with Crippen molar-refractivity contribution in [2.75, 3.05) is 5.73 Å². The van der Waals surface area contributed by atoms with Crippen LogP contribution in [0.4, 0.5) is 5.88 Å². The van der Waals surface area contributed by atoms with Crippen molar-refractivity contribution in [2.45, 2.75) is 34.1 Å². The second kappa shape index (κ2) is 5.49. The zero-order valence-electron chi connectivity index (χ0n) is 12.4. The molecule has 1 unspecified atom stereocenters. The lowest BCUT2D eigenvalue weighted by Gasteiger charge is -2.26. The minimum atomic E-state index is 0.200. The average molecular weight is 293 g/mol. The molecule has 0 fully saturated rings. The first kappa shape index (κ1) is 14.9. The van der Waals surface area contributed by atoms with Gasteiger partial charge in [0, 0.05) is 10.6 Å². The summed E-state index contributed by atoms with van der Waals surface area (Å²) in [4.78, 5) is 0. The predicted octanol–water partition coefficient (Wildman–Crippen LogP) is 4.80. The van der Waals surface area contributed by atoms with E-state index in [1.807, 2.05) is 24.3 Å². The summed E-state index contributed by atoms with van der Waals surface area (Å²) in [6, 6.07) is 7.62. The van der Waals surface area contributed by atoms with E-state index in [-0.39, 0.29) is 5.41 Å². The third-order valence-electron chi connectivity index (χ3n) is 3.91. The van der Waals surface area contributed by atoms with Crippen LogP contribution in [0.1, 0.15) is 33.4 Å². The van der Waals surface area contributed by atoms with E-state index in [4.69, 9.17) is 21.9 Å². The van der Waals surface area contributed by atoms with Crippen LogP contribution >= 0.6 is 11.6 Å². The second-order valence-electron chi connectivity index (χ2n) is 6.32. The van der Waals surface area contributed by atoms with Gasteiger partial charge in [0.2, 0.25) is 5.88 Å². The highest BCUT2D eigenvalue weighted by Crippen LogP contribution is 2.37. The van der Waals surface area contributed by atoms with Gasteiger partial charge in [0.15, 0.2) is 0 Å². The molecule has 0 aliphatic heterocycles. The molecular formula is C16H21ClN2O. The maximum Gasteiger partial charge on any atom is 0.230 e. The Morgan fingerprint density at radius 3 is 2.55 bits per heavy atom. The molecule has 3 nitrogen and oxygen atoms in total. The molecule has 0 saturated heterocycles. The van der Waals surface area contributed by atoms with Crippen LogP contribution in [-0.4, -0.2) is 5.16 Å². The topological polar surface area (TPSA) is 52.0 Å². The van der Waals surface area contributed by atoms with E-state index in [0.717, 1.165) is 23.2 Å². The lowest BCUT2D eigenvalue weighted by atomic mass is 9.79. The normalized spacial score (nSPS) is 13.4. The summed E-state index contributed by atoms with van der Waals surface area (Å²) in [6.07, 6.45) is 0.810. The van der Waals surface area contributed by atoms with Gasteiger partial charge in [-0.25, -0.2) is 0 Å². The number of nitrogens with zero attached hydrogens (tertiary/aromatic N) is 1. The van der Waals surface area contributed by atoms with E-state index in [1.54, 1.807) is 0 Å². The van der Waals surface area contributed by atoms with Crippen LogP contribution in [0.5, 0.6) is 0 Å². The molecule has 0 bridgehead atoms. The molecule has 20 heavy (non-hydrogen) atoms. The molecule has 2 N–H and O–H groups in total. The van der Waals surface area contributed by atoms with E-state index in [0.29, 0.717) is 16.8 Å². The third kappa shape index (κ3) is 2.98. The van der Waals surface area contributed by atoms with Gasteiger partial charge in [-0.1, -0.05) is 62.7 Å². The summed E-state index contributed by atoms with van der Waals surface area (Å²) in [5.41, 5.74) is 8.72. The van der Waals surface area contributed by atoms with Crippen molar-refractivity contribution in [3.63, 3.8) is 0 Å². The van der Waals surface area contributed by atoms with Crippen molar-refractivity contribution in [3.05, 3.63) is 35.0 Å². The number of hydrogen-bond acceptors (Lipinski definition) is 3. The van der Waals surface area contributed by atoms with Crippen LogP contribution in [0.3, 0.4) is 0 Å². The van der Waals surface area contributed by atoms with E-state index in [2.05, 4.69) is 32.9 Å². The quantitative estimate of drug-likeness (QED) is 0.884. The number of aromatic nitrogens is 1. The summed E-state index contributed by atoms with van der Waals surface area (Å²) < 4.78 is 5.19. The minimum absolute atomic E-state index is 0.200. The molecule has 0 saturated carbocycles. The Morgan fingerprint density at radius 1 is 1.30 bits per heavy atom. The number of nitrogen functional groups attached to an aromatic ring is 1. The number of halogens is 1. The Balaban J connectivity index is 2.41. The number of nitrogens with two attached hydrogens (primary N) is 1. The first-order valence-electron chi connectivity index (χ1n) is 6.79. The van der Waals surface area contributed by atoms with Crippen LogP contribution in [0, 0.1) is 11.3 Å². The maximum absolute atomic E-state index is 6.26. The molecule has 4 heteroatoms. The molecule has 1 aromatic heterocycles. The van der Waals surface area contributed by atoms with Gasteiger partial charge in [-0.2, -0.15) is 0 Å². The Bertz CT molecular complexity index is 599. The van der Waals surface area contributed by atoms with Gasteiger partial charge < -0.3 is 10.3 Å². The van der Waals surface area contributed by atoms with E-state index >= 15 is 0 Å². The maximum atomic E-state index is 6.26. The Morgan fingerprint density at radius 2 is 1.95 bits per heavy atom. The summed E-state index contributed by atoms with van der Waals surface area (Å²) >= 11 is 6.26. The predicted molar refractivity (Wildman–Crippen MR) is 83.7 cm³/mol. The monoisotopic (exact) mass is 292 g/mol. The van der Waals surface area contributed by atoms with Gasteiger partial charge >= 0.3 is 0 Å². The highest BCUT2D eigenvalue weighted by atomic mass is 35.5. The molecule has 1 aromatic carbocycles. The molecule has 0 spiro atoms. The summed E-state index contributed by atoms with van der Waals surface area (Å²) in [6.45, 7) is 8.87. The van der Waals surface area contributed by atoms with Gasteiger partial charge in [-0.05, 0) is 23.8 Å². The van der Waals surface area contributed by atoms with Gasteiger partial charge in [-0.3, -0.25) is 0 Å². The molecule has 1 atom stereocenters. The lowest BCUT2D eigenvalue weighted by Crippen LogP contribution is -2.19. The summed E-state index contributed by atoms with van der Waals surface area (Å²) in [5, 5.41) is 4.79. The summed E-state index contributed by atoms with van der Waals surface area (Å²) in [7, 11) is 0. The average Bonchev–Trinajstić information content (AvgIpc) is 2.70. The first-order chi connectivity index (χ1) is 9.30. The van der Waals surface area contributed by atoms with Gasteiger partial charge in [-0.15, -0.1) is 0 Å². The van der Waals surface area contributed by atoms with Gasteiger partial charge in [0.1, 0.15) is 0 Å². The Labute approximate surface area is 125 Å². The van der Waals surface area contributed by atoms with Crippen molar-refractivity contribution in [3.8, 4) is 11.1 Å². The second-order valence-corrected chi connectivity index (χ2v) is 6.73. The minimum Gasteiger partial charge on any atom is -0.367 e. The molecule has 0 radical (unpaired) electrons. The van der Waals surface area contributed by atoms with Crippen molar-refractivity contribution in [1.29, 1.82) is 0 Å². The SMILES string of the molecule is CC(Cc1noc(N)c1-c1ccccc1Cl)C(C)(C)C. The standard InChI is InChI=1S/C16H21ClN2O/c1-10(16(2,3)4)9-13-14(15(18)20-19-13)11-7-5-6-8-12(11)17/h5-8,10H,9,18H2,1-4H3. The van der Waals surface area contributed by atoms with Gasteiger partial charge in [0.25, 0.3) is 0 Å². The van der Waals surface area contributed by atoms with Crippen molar-refractivity contribution in [2.24, 2.45) is 11.3 Å². The fraction of sp³-hybridized carbons (Fsp3) is 0.438. The molecular weight excluding hydrogens is 272 g/mol. The number of benzene rings is 1. The molecule has 1 heterocycles. The van der Waals surface area contributed by atoms with E-state index in [9.17, 15) is 0 Å². The van der Waals surface area contributed by atoms with Crippen LogP contribution < -0.4 is 5.73 Å². The zero-order valence-corrected chi connectivity index (χ0v) is 13.2. The van der Waals surface area contributed by atoms with Gasteiger partial charge in [0.05, 0.1) is 11.3 Å². The fourth-order valence-corrected chi connectivity index (χ4v) is 2.26. The molecule has 108 valence electrons. The Hall–Kier alpha value is -1.48. The number of hydrogen-bond donors (Lipinski definition) is 1. The van der Waals surface area contributed by atoms with Crippen LogP contribution in [-0.2, 0) is 6.42 Å². The third-order valence-corrected chi connectivity index (χ3v) is 4.24. The molecule has 2 aromatic rings. The molecule has 0 aliphatic carbocycles. The van der Waals surface area contributed by atoms with Crippen molar-refractivity contribution >= 4 is 17.5 Å². The number of rotatable bonds is 3. The largest absolute Gasteiger partial charge is 0.367 e. The van der Waals surface area contributed by atoms with Crippen LogP contribution in [0.2, 0.25) is 5.02 Å². The molecule has 0 amide bonds. The lowest BCUT2D eigenvalue weighted by molar-refractivity contribution is 0.255. The highest BCUT2D eigenvalue weighted by Gasteiger charge is 2.25. The smallest absolute Gasteiger partial charge is 0.230 e. The van der Waals surface area contributed by atoms with Crippen LogP contribution in [0.25, 0.3) is 11.1 Å². The van der Waals surface area contributed by atoms with E-state index < -0.39 is 0 Å². The van der Waals surface area contributed by atoms with Crippen molar-refractivity contribution in [1.82, 2.24) is 5.16 Å². The number of anilines is 1.